The zero-order valence-electron chi connectivity index (χ0n) is 26.5. The van der Waals surface area contributed by atoms with Gasteiger partial charge in [0.1, 0.15) is 5.75 Å². The Balaban J connectivity index is 1.99. The fourth-order valence-electron chi connectivity index (χ4n) is 4.62. The number of ether oxygens (including phenoxy) is 3. The zero-order valence-corrected chi connectivity index (χ0v) is 26.5. The van der Waals surface area contributed by atoms with Gasteiger partial charge in [-0.2, -0.15) is 0 Å². The van der Waals surface area contributed by atoms with E-state index in [4.69, 9.17) is 14.2 Å². The number of pyridine rings is 1. The molecule has 0 saturated heterocycles. The van der Waals surface area contributed by atoms with Crippen molar-refractivity contribution in [2.75, 3.05) is 38.8 Å². The van der Waals surface area contributed by atoms with E-state index in [1.807, 2.05) is 51.1 Å². The average Bonchev–Trinajstić information content (AvgIpc) is 3.00. The van der Waals surface area contributed by atoms with E-state index < -0.39 is 18.1 Å². The first-order valence-corrected chi connectivity index (χ1v) is 15.2. The molecule has 0 fully saturated rings. The molecule has 43 heavy (non-hydrogen) atoms. The highest BCUT2D eigenvalue weighted by Crippen LogP contribution is 2.23. The molecule has 238 valence electrons. The normalized spacial score (nSPS) is 14.7. The van der Waals surface area contributed by atoms with Gasteiger partial charge in [-0.3, -0.25) is 9.78 Å². The standard InChI is InChI=1S/C32H50N6O5/c1-7-23(4)28(19-35-26-10-8-13-34-18-26)36-32(40)27(22(2)3)17-30(39)29(37-38-33)21-42-20-25-12-11-24(5)31(16-25)43-15-9-14-41-6/h8,10-13,16,18,22-23,27-30,35,39H,7,9,14-15,17,19-21H2,1-6H3,(H,36,40)/t23-,27-,28+,29-,30-/m0/s1. The molecule has 0 aliphatic rings. The van der Waals surface area contributed by atoms with E-state index in [1.165, 1.54) is 0 Å². The number of benzene rings is 1. The molecule has 3 N–H and O–H groups in total. The Morgan fingerprint density at radius 2 is 2.00 bits per heavy atom. The van der Waals surface area contributed by atoms with Gasteiger partial charge in [0.25, 0.3) is 0 Å². The monoisotopic (exact) mass is 598 g/mol. The van der Waals surface area contributed by atoms with Crippen LogP contribution in [0.15, 0.2) is 47.8 Å². The number of carbonyl (C=O) groups excluding carboxylic acids is 1. The first-order chi connectivity index (χ1) is 20.7. The Morgan fingerprint density at radius 1 is 1.21 bits per heavy atom. The van der Waals surface area contributed by atoms with Crippen molar-refractivity contribution in [2.24, 2.45) is 22.9 Å². The van der Waals surface area contributed by atoms with Crippen LogP contribution in [0.25, 0.3) is 10.4 Å². The van der Waals surface area contributed by atoms with Gasteiger partial charge in [-0.25, -0.2) is 0 Å². The van der Waals surface area contributed by atoms with Crippen LogP contribution >= 0.6 is 0 Å². The molecule has 1 aromatic carbocycles. The molecule has 2 rings (SSSR count). The van der Waals surface area contributed by atoms with Gasteiger partial charge in [0.2, 0.25) is 5.91 Å². The van der Waals surface area contributed by atoms with Crippen LogP contribution in [0.1, 0.15) is 58.1 Å². The van der Waals surface area contributed by atoms with Gasteiger partial charge >= 0.3 is 0 Å². The first kappa shape index (κ1) is 35.8. The summed E-state index contributed by atoms with van der Waals surface area (Å²) >= 11 is 0. The number of hydrogen-bond acceptors (Lipinski definition) is 8. The summed E-state index contributed by atoms with van der Waals surface area (Å²) in [6, 6.07) is 8.68. The number of azide groups is 1. The van der Waals surface area contributed by atoms with Gasteiger partial charge < -0.3 is 30.0 Å². The number of carbonyl (C=O) groups is 1. The quantitative estimate of drug-likeness (QED) is 0.0725. The lowest BCUT2D eigenvalue weighted by molar-refractivity contribution is -0.128. The van der Waals surface area contributed by atoms with Crippen LogP contribution in [0.3, 0.4) is 0 Å². The van der Waals surface area contributed by atoms with Gasteiger partial charge in [-0.1, -0.05) is 51.4 Å². The molecule has 5 atom stereocenters. The summed E-state index contributed by atoms with van der Waals surface area (Å²) < 4.78 is 16.8. The van der Waals surface area contributed by atoms with E-state index >= 15 is 0 Å². The minimum atomic E-state index is -1.05. The fourth-order valence-corrected chi connectivity index (χ4v) is 4.62. The van der Waals surface area contributed by atoms with Crippen molar-refractivity contribution in [1.29, 1.82) is 0 Å². The van der Waals surface area contributed by atoms with Crippen LogP contribution in [0.4, 0.5) is 5.69 Å². The van der Waals surface area contributed by atoms with Gasteiger partial charge in [-0.05, 0) is 60.0 Å². The van der Waals surface area contributed by atoms with Gasteiger partial charge in [-0.15, -0.1) is 0 Å². The lowest BCUT2D eigenvalue weighted by Crippen LogP contribution is -2.48. The Morgan fingerprint density at radius 3 is 2.65 bits per heavy atom. The topological polar surface area (TPSA) is 151 Å². The number of nitrogens with zero attached hydrogens (tertiary/aromatic N) is 4. The summed E-state index contributed by atoms with van der Waals surface area (Å²) in [6.45, 7) is 12.1. The molecule has 0 radical (unpaired) electrons. The summed E-state index contributed by atoms with van der Waals surface area (Å²) in [5.74, 6) is 0.354. The lowest BCUT2D eigenvalue weighted by Gasteiger charge is -2.30. The summed E-state index contributed by atoms with van der Waals surface area (Å²) in [7, 11) is 1.66. The van der Waals surface area contributed by atoms with Crippen molar-refractivity contribution in [2.45, 2.75) is 78.7 Å². The maximum atomic E-state index is 13.5. The van der Waals surface area contributed by atoms with E-state index in [-0.39, 0.29) is 43.4 Å². The Hall–Kier alpha value is -3.37. The molecular weight excluding hydrogens is 548 g/mol. The zero-order chi connectivity index (χ0) is 31.6. The highest BCUT2D eigenvalue weighted by molar-refractivity contribution is 5.79. The number of rotatable bonds is 21. The van der Waals surface area contributed by atoms with Crippen molar-refractivity contribution in [3.8, 4) is 5.75 Å². The second-order valence-corrected chi connectivity index (χ2v) is 11.4. The Labute approximate surface area is 256 Å². The maximum absolute atomic E-state index is 13.5. The Bertz CT molecular complexity index is 1130. The van der Waals surface area contributed by atoms with Crippen molar-refractivity contribution in [3.05, 3.63) is 64.3 Å². The molecule has 0 aliphatic heterocycles. The SMILES string of the molecule is CC[C@H](C)[C@@H](CNc1cccnc1)NC(=O)[C@@H](C[C@H](O)[C@H](COCc1ccc(C)c(OCCCOC)c1)N=[N+]=[N-])C(C)C. The van der Waals surface area contributed by atoms with E-state index in [0.29, 0.717) is 19.8 Å². The molecule has 0 bridgehead atoms. The highest BCUT2D eigenvalue weighted by Gasteiger charge is 2.31. The lowest BCUT2D eigenvalue weighted by atomic mass is 9.86. The largest absolute Gasteiger partial charge is 0.493 e. The number of anilines is 1. The number of aliphatic hydroxyl groups excluding tert-OH is 1. The molecule has 0 saturated carbocycles. The molecule has 1 amide bonds. The van der Waals surface area contributed by atoms with Crippen molar-refractivity contribution in [1.82, 2.24) is 10.3 Å². The van der Waals surface area contributed by atoms with E-state index in [2.05, 4.69) is 39.5 Å². The summed E-state index contributed by atoms with van der Waals surface area (Å²) in [5.41, 5.74) is 12.0. The number of aromatic nitrogens is 1. The van der Waals surface area contributed by atoms with Crippen LogP contribution in [0.5, 0.6) is 5.75 Å². The second-order valence-electron chi connectivity index (χ2n) is 11.4. The third kappa shape index (κ3) is 12.8. The van der Waals surface area contributed by atoms with Gasteiger partial charge in [0.05, 0.1) is 37.7 Å². The third-order valence-corrected chi connectivity index (χ3v) is 7.69. The molecule has 2 aromatic rings. The molecule has 0 aliphatic carbocycles. The van der Waals surface area contributed by atoms with Crippen LogP contribution < -0.4 is 15.4 Å². The van der Waals surface area contributed by atoms with Gasteiger partial charge in [0.15, 0.2) is 0 Å². The molecule has 0 spiro atoms. The number of nitrogens with one attached hydrogen (secondary N) is 2. The number of amides is 1. The minimum Gasteiger partial charge on any atom is -0.493 e. The molecule has 11 nitrogen and oxygen atoms in total. The predicted octanol–water partition coefficient (Wildman–Crippen LogP) is 5.67. The fraction of sp³-hybridized carbons (Fsp3) is 0.625. The molecule has 1 heterocycles. The average molecular weight is 599 g/mol. The smallest absolute Gasteiger partial charge is 0.223 e. The van der Waals surface area contributed by atoms with Crippen LogP contribution in [-0.2, 0) is 20.9 Å². The first-order valence-electron chi connectivity index (χ1n) is 15.2. The molecule has 1 aromatic heterocycles. The second kappa shape index (κ2) is 19.7. The van der Waals surface area contributed by atoms with Crippen molar-refractivity contribution < 1.29 is 24.1 Å². The summed E-state index contributed by atoms with van der Waals surface area (Å²) in [4.78, 5) is 20.6. The summed E-state index contributed by atoms with van der Waals surface area (Å²) in [5, 5.41) is 21.5. The third-order valence-electron chi connectivity index (χ3n) is 7.69. The molecule has 11 heteroatoms. The van der Waals surface area contributed by atoms with Crippen LogP contribution in [-0.4, -0.2) is 67.7 Å². The highest BCUT2D eigenvalue weighted by atomic mass is 16.5. The Kier molecular flexibility index (Phi) is 16.5. The number of aryl methyl sites for hydroxylation is 1. The molecule has 0 unspecified atom stereocenters. The molecular formula is C32H50N6O5. The van der Waals surface area contributed by atoms with E-state index in [9.17, 15) is 15.4 Å². The van der Waals surface area contributed by atoms with Crippen LogP contribution in [0, 0.1) is 24.7 Å². The predicted molar refractivity (Wildman–Crippen MR) is 169 cm³/mol. The van der Waals surface area contributed by atoms with Crippen molar-refractivity contribution in [3.63, 3.8) is 0 Å². The van der Waals surface area contributed by atoms with Gasteiger partial charge in [0, 0.05) is 55.9 Å². The number of hydrogen-bond donors (Lipinski definition) is 3. The minimum absolute atomic E-state index is 0.0140. The van der Waals surface area contributed by atoms with Crippen LogP contribution in [0.2, 0.25) is 0 Å². The van der Waals surface area contributed by atoms with E-state index in [0.717, 1.165) is 35.4 Å². The summed E-state index contributed by atoms with van der Waals surface area (Å²) in [6.07, 6.45) is 4.24. The maximum Gasteiger partial charge on any atom is 0.223 e. The number of methoxy groups -OCH3 is 1. The number of aliphatic hydroxyl groups is 1. The van der Waals surface area contributed by atoms with E-state index in [1.54, 1.807) is 19.5 Å². The van der Waals surface area contributed by atoms with Crippen molar-refractivity contribution >= 4 is 11.6 Å².